The van der Waals surface area contributed by atoms with Crippen molar-refractivity contribution < 1.29 is 9.59 Å². The largest absolute Gasteiger partial charge is 0.352 e. The molecular formula is C17H20N4O2. The van der Waals surface area contributed by atoms with Crippen LogP contribution in [0.15, 0.2) is 42.5 Å². The van der Waals surface area contributed by atoms with Gasteiger partial charge in [0.1, 0.15) is 6.04 Å². The van der Waals surface area contributed by atoms with E-state index in [9.17, 15) is 9.59 Å². The molecule has 23 heavy (non-hydrogen) atoms. The Morgan fingerprint density at radius 2 is 2.13 bits per heavy atom. The molecule has 1 unspecified atom stereocenters. The number of nitrogens with two attached hydrogens (primary N) is 1. The van der Waals surface area contributed by atoms with E-state index in [0.717, 1.165) is 5.56 Å². The zero-order valence-electron chi connectivity index (χ0n) is 12.8. The molecule has 2 amide bonds. The Morgan fingerprint density at radius 1 is 1.39 bits per heavy atom. The number of nitriles is 1. The van der Waals surface area contributed by atoms with Gasteiger partial charge in [0.15, 0.2) is 0 Å². The molecule has 0 saturated carbocycles. The molecule has 0 fully saturated rings. The first-order valence-electron chi connectivity index (χ1n) is 7.55. The van der Waals surface area contributed by atoms with E-state index in [1.54, 1.807) is 12.2 Å². The minimum Gasteiger partial charge on any atom is -0.352 e. The lowest BCUT2D eigenvalue weighted by atomic mass is 10.1. The number of rotatable bonds is 6. The summed E-state index contributed by atoms with van der Waals surface area (Å²) < 4.78 is 0. The van der Waals surface area contributed by atoms with Gasteiger partial charge in [-0.15, -0.1) is 0 Å². The number of carbonyl (C=O) groups is 2. The molecule has 0 spiro atoms. The van der Waals surface area contributed by atoms with Gasteiger partial charge < -0.3 is 16.0 Å². The van der Waals surface area contributed by atoms with Crippen LogP contribution in [-0.4, -0.2) is 35.3 Å². The van der Waals surface area contributed by atoms with E-state index in [0.29, 0.717) is 13.1 Å². The van der Waals surface area contributed by atoms with E-state index in [-0.39, 0.29) is 24.7 Å². The summed E-state index contributed by atoms with van der Waals surface area (Å²) in [5.41, 5.74) is 6.88. The van der Waals surface area contributed by atoms with Crippen LogP contribution in [0.1, 0.15) is 18.4 Å². The van der Waals surface area contributed by atoms with Gasteiger partial charge >= 0.3 is 0 Å². The predicted octanol–water partition coefficient (Wildman–Crippen LogP) is 0.701. The van der Waals surface area contributed by atoms with Crippen molar-refractivity contribution in [1.29, 1.82) is 5.26 Å². The summed E-state index contributed by atoms with van der Waals surface area (Å²) in [5, 5.41) is 11.8. The van der Waals surface area contributed by atoms with Gasteiger partial charge in [-0.3, -0.25) is 9.59 Å². The third-order valence-electron chi connectivity index (χ3n) is 3.70. The quantitative estimate of drug-likeness (QED) is 0.755. The molecule has 0 bridgehead atoms. The van der Waals surface area contributed by atoms with Gasteiger partial charge in [-0.2, -0.15) is 5.26 Å². The third kappa shape index (κ3) is 4.66. The Labute approximate surface area is 135 Å². The Hall–Kier alpha value is -2.65. The first kappa shape index (κ1) is 16.7. The molecule has 0 radical (unpaired) electrons. The van der Waals surface area contributed by atoms with Crippen LogP contribution >= 0.6 is 0 Å². The van der Waals surface area contributed by atoms with E-state index in [1.807, 2.05) is 36.4 Å². The van der Waals surface area contributed by atoms with Crippen molar-refractivity contribution in [2.75, 3.05) is 6.54 Å². The van der Waals surface area contributed by atoms with Gasteiger partial charge in [-0.1, -0.05) is 36.4 Å². The first-order valence-corrected chi connectivity index (χ1v) is 7.55. The highest BCUT2D eigenvalue weighted by Gasteiger charge is 2.28. The van der Waals surface area contributed by atoms with Crippen molar-refractivity contribution in [1.82, 2.24) is 10.2 Å². The molecule has 0 aliphatic carbocycles. The van der Waals surface area contributed by atoms with Crippen LogP contribution in [-0.2, 0) is 16.1 Å². The van der Waals surface area contributed by atoms with Gasteiger partial charge in [0.05, 0.1) is 12.1 Å². The second-order valence-electron chi connectivity index (χ2n) is 5.40. The fourth-order valence-corrected chi connectivity index (χ4v) is 2.37. The van der Waals surface area contributed by atoms with Crippen LogP contribution in [0.4, 0.5) is 0 Å². The average Bonchev–Trinajstić information content (AvgIpc) is 3.06. The molecule has 6 heteroatoms. The minimum atomic E-state index is -0.770. The third-order valence-corrected chi connectivity index (χ3v) is 3.70. The summed E-state index contributed by atoms with van der Waals surface area (Å²) in [4.78, 5) is 25.4. The number of benzene rings is 1. The van der Waals surface area contributed by atoms with Crippen LogP contribution in [0, 0.1) is 11.3 Å². The van der Waals surface area contributed by atoms with E-state index >= 15 is 0 Å². The number of hydrogen-bond donors (Lipinski definition) is 2. The second kappa shape index (κ2) is 8.11. The summed E-state index contributed by atoms with van der Waals surface area (Å²) in [6, 6.07) is 10.3. The summed E-state index contributed by atoms with van der Waals surface area (Å²) in [7, 11) is 0. The molecule has 120 valence electrons. The van der Waals surface area contributed by atoms with Crippen molar-refractivity contribution in [3.63, 3.8) is 0 Å². The standard InChI is InChI=1S/C17H20N4O2/c18-11-14-7-4-10-21(14)17(23)15(19)8-9-16(22)20-12-13-5-2-1-3-6-13/h1-7,14-15H,8-10,12,19H2,(H,20,22)/t14?,15-/m0/s1. The van der Waals surface area contributed by atoms with Gasteiger partial charge in [0.25, 0.3) is 0 Å². The lowest BCUT2D eigenvalue weighted by molar-refractivity contribution is -0.132. The van der Waals surface area contributed by atoms with E-state index in [1.165, 1.54) is 4.90 Å². The minimum absolute atomic E-state index is 0.145. The van der Waals surface area contributed by atoms with Crippen LogP contribution in [0.3, 0.4) is 0 Å². The zero-order valence-corrected chi connectivity index (χ0v) is 12.8. The van der Waals surface area contributed by atoms with Gasteiger partial charge in [-0.25, -0.2) is 0 Å². The molecule has 3 N–H and O–H groups in total. The molecule has 2 atom stereocenters. The molecule has 0 aromatic heterocycles. The molecule has 1 heterocycles. The van der Waals surface area contributed by atoms with Crippen molar-refractivity contribution in [3.05, 3.63) is 48.0 Å². The van der Waals surface area contributed by atoms with Crippen molar-refractivity contribution >= 4 is 11.8 Å². The zero-order chi connectivity index (χ0) is 16.7. The Balaban J connectivity index is 1.73. The SMILES string of the molecule is N#CC1C=CCN1C(=O)[C@@H](N)CCC(=O)NCc1ccccc1. The maximum atomic E-state index is 12.2. The maximum Gasteiger partial charge on any atom is 0.241 e. The Bertz CT molecular complexity index is 621. The summed E-state index contributed by atoms with van der Waals surface area (Å²) in [5.74, 6) is -0.439. The topological polar surface area (TPSA) is 99.2 Å². The summed E-state index contributed by atoms with van der Waals surface area (Å²) in [6.45, 7) is 0.848. The molecule has 0 saturated heterocycles. The lowest BCUT2D eigenvalue weighted by Crippen LogP contribution is -2.46. The normalized spacial score (nSPS) is 17.6. The van der Waals surface area contributed by atoms with Gasteiger partial charge in [-0.05, 0) is 18.1 Å². The number of nitrogens with zero attached hydrogens (tertiary/aromatic N) is 2. The maximum absolute atomic E-state index is 12.2. The second-order valence-corrected chi connectivity index (χ2v) is 5.40. The van der Waals surface area contributed by atoms with Gasteiger partial charge in [0.2, 0.25) is 11.8 Å². The van der Waals surface area contributed by atoms with E-state index in [4.69, 9.17) is 11.0 Å². The molecule has 1 aliphatic heterocycles. The summed E-state index contributed by atoms with van der Waals surface area (Å²) >= 11 is 0. The molecule has 1 aromatic rings. The smallest absolute Gasteiger partial charge is 0.241 e. The molecule has 1 aromatic carbocycles. The first-order chi connectivity index (χ1) is 11.1. The monoisotopic (exact) mass is 312 g/mol. The van der Waals surface area contributed by atoms with Crippen LogP contribution in [0.5, 0.6) is 0 Å². The fraction of sp³-hybridized carbons (Fsp3) is 0.353. The van der Waals surface area contributed by atoms with E-state index < -0.39 is 12.1 Å². The predicted molar refractivity (Wildman–Crippen MR) is 85.8 cm³/mol. The van der Waals surface area contributed by atoms with Crippen LogP contribution in [0.25, 0.3) is 0 Å². The Kier molecular flexibility index (Phi) is 5.89. The number of amides is 2. The lowest BCUT2D eigenvalue weighted by Gasteiger charge is -2.23. The van der Waals surface area contributed by atoms with Gasteiger partial charge in [0, 0.05) is 19.5 Å². The molecule has 2 rings (SSSR count). The highest BCUT2D eigenvalue weighted by Crippen LogP contribution is 2.11. The molecule has 1 aliphatic rings. The highest BCUT2D eigenvalue weighted by molar-refractivity contribution is 5.84. The van der Waals surface area contributed by atoms with Crippen LogP contribution < -0.4 is 11.1 Å². The number of nitrogens with one attached hydrogen (secondary N) is 1. The fourth-order valence-electron chi connectivity index (χ4n) is 2.37. The van der Waals surface area contributed by atoms with Crippen LogP contribution in [0.2, 0.25) is 0 Å². The molecular weight excluding hydrogens is 292 g/mol. The summed E-state index contributed by atoms with van der Waals surface area (Å²) in [6.07, 6.45) is 3.88. The van der Waals surface area contributed by atoms with E-state index in [2.05, 4.69) is 5.32 Å². The highest BCUT2D eigenvalue weighted by atomic mass is 16.2. The average molecular weight is 312 g/mol. The number of hydrogen-bond acceptors (Lipinski definition) is 4. The Morgan fingerprint density at radius 3 is 2.83 bits per heavy atom. The molecule has 6 nitrogen and oxygen atoms in total. The van der Waals surface area contributed by atoms with Crippen molar-refractivity contribution in [3.8, 4) is 6.07 Å². The number of carbonyl (C=O) groups excluding carboxylic acids is 2. The van der Waals surface area contributed by atoms with Crippen molar-refractivity contribution in [2.45, 2.75) is 31.5 Å². The van der Waals surface area contributed by atoms with Crippen molar-refractivity contribution in [2.24, 2.45) is 5.73 Å².